The normalized spacial score (nSPS) is 15.3. The number of anilines is 1. The van der Waals surface area contributed by atoms with Crippen LogP contribution in [0.25, 0.3) is 10.9 Å². The Morgan fingerprint density at radius 1 is 0.909 bits per heavy atom. The maximum absolute atomic E-state index is 5.52. The van der Waals surface area contributed by atoms with Crippen LogP contribution in [0.2, 0.25) is 0 Å². The number of ether oxygens (including phenoxy) is 1. The Morgan fingerprint density at radius 3 is 2.36 bits per heavy atom. The number of hydrogen-bond donors (Lipinski definition) is 1. The van der Waals surface area contributed by atoms with Crippen molar-refractivity contribution in [1.82, 2.24) is 24.7 Å². The summed E-state index contributed by atoms with van der Waals surface area (Å²) in [4.78, 5) is 16.9. The van der Waals surface area contributed by atoms with E-state index in [-0.39, 0.29) is 0 Å². The number of aromatic nitrogens is 2. The summed E-state index contributed by atoms with van der Waals surface area (Å²) in [5.41, 5.74) is 2.25. The molecule has 3 aromatic rings. The van der Waals surface area contributed by atoms with Crippen molar-refractivity contribution in [3.63, 3.8) is 0 Å². The van der Waals surface area contributed by atoms with E-state index in [0.29, 0.717) is 0 Å². The van der Waals surface area contributed by atoms with E-state index in [9.17, 15) is 0 Å². The third-order valence-electron chi connectivity index (χ3n) is 6.14. The van der Waals surface area contributed by atoms with Gasteiger partial charge in [-0.2, -0.15) is 0 Å². The van der Waals surface area contributed by atoms with E-state index in [1.165, 1.54) is 5.56 Å². The number of hydrogen-bond acceptors (Lipinski definition) is 7. The summed E-state index contributed by atoms with van der Waals surface area (Å²) in [6.45, 7) is 7.74. The minimum atomic E-state index is 0.777. The standard InChI is InChI=1S/C26H36N6O/c1-30(2)14-8-13-27-26-22-10-5-6-11-23(22)28-25(29-26)20-32-17-15-31(16-18-32)19-21-9-4-7-12-24(21)33-3/h4-7,9-12H,8,13-20H2,1-3H3,(H,27,28,29). The summed E-state index contributed by atoms with van der Waals surface area (Å²) in [6.07, 6.45) is 1.08. The monoisotopic (exact) mass is 448 g/mol. The van der Waals surface area contributed by atoms with Gasteiger partial charge in [0, 0.05) is 50.2 Å². The van der Waals surface area contributed by atoms with E-state index in [0.717, 1.165) is 87.1 Å². The Bertz CT molecular complexity index is 1030. The smallest absolute Gasteiger partial charge is 0.145 e. The first-order valence-electron chi connectivity index (χ1n) is 11.8. The predicted molar refractivity (Wildman–Crippen MR) is 135 cm³/mol. The molecule has 33 heavy (non-hydrogen) atoms. The highest BCUT2D eigenvalue weighted by atomic mass is 16.5. The summed E-state index contributed by atoms with van der Waals surface area (Å²) in [5, 5.41) is 4.64. The molecule has 0 saturated carbocycles. The molecule has 176 valence electrons. The second kappa shape index (κ2) is 11.4. The lowest BCUT2D eigenvalue weighted by Gasteiger charge is -2.34. The van der Waals surface area contributed by atoms with Gasteiger partial charge in [-0.1, -0.05) is 30.3 Å². The van der Waals surface area contributed by atoms with Crippen molar-refractivity contribution in [2.24, 2.45) is 0 Å². The first kappa shape index (κ1) is 23.4. The zero-order chi connectivity index (χ0) is 23.0. The molecule has 1 aromatic heterocycles. The number of fused-ring (bicyclic) bond motifs is 1. The van der Waals surface area contributed by atoms with E-state index < -0.39 is 0 Å². The molecule has 1 aliphatic rings. The van der Waals surface area contributed by atoms with Crippen molar-refractivity contribution in [3.8, 4) is 5.75 Å². The molecular formula is C26H36N6O. The van der Waals surface area contributed by atoms with E-state index in [1.807, 2.05) is 18.2 Å². The first-order chi connectivity index (χ1) is 16.1. The average Bonchev–Trinajstić information content (AvgIpc) is 2.83. The van der Waals surface area contributed by atoms with Crippen LogP contribution >= 0.6 is 0 Å². The SMILES string of the molecule is COc1ccccc1CN1CCN(Cc2nc(NCCCN(C)C)c3ccccc3n2)CC1. The number of nitrogens with one attached hydrogen (secondary N) is 1. The molecule has 0 aliphatic carbocycles. The molecule has 1 fully saturated rings. The van der Waals surface area contributed by atoms with Crippen molar-refractivity contribution in [2.45, 2.75) is 19.5 Å². The van der Waals surface area contributed by atoms with Crippen LogP contribution in [-0.4, -0.2) is 85.1 Å². The molecule has 2 aromatic carbocycles. The third-order valence-corrected chi connectivity index (χ3v) is 6.14. The Hall–Kier alpha value is -2.74. The second-order valence-corrected chi connectivity index (χ2v) is 8.95. The van der Waals surface area contributed by atoms with E-state index in [2.05, 4.69) is 64.4 Å². The number of methoxy groups -OCH3 is 1. The highest BCUT2D eigenvalue weighted by Crippen LogP contribution is 2.22. The van der Waals surface area contributed by atoms with Crippen LogP contribution in [0.4, 0.5) is 5.82 Å². The van der Waals surface area contributed by atoms with Gasteiger partial charge < -0.3 is 15.0 Å². The summed E-state index contributed by atoms with van der Waals surface area (Å²) >= 11 is 0. The molecule has 0 spiro atoms. The first-order valence-corrected chi connectivity index (χ1v) is 11.8. The fraction of sp³-hybridized carbons (Fsp3) is 0.462. The lowest BCUT2D eigenvalue weighted by molar-refractivity contribution is 0.119. The van der Waals surface area contributed by atoms with Crippen LogP contribution in [0.15, 0.2) is 48.5 Å². The minimum Gasteiger partial charge on any atom is -0.496 e. The zero-order valence-corrected chi connectivity index (χ0v) is 20.1. The molecule has 0 bridgehead atoms. The number of piperazine rings is 1. The molecule has 0 atom stereocenters. The Kier molecular flexibility index (Phi) is 8.10. The largest absolute Gasteiger partial charge is 0.496 e. The van der Waals surface area contributed by atoms with Gasteiger partial charge in [0.15, 0.2) is 0 Å². The molecule has 2 heterocycles. The summed E-state index contributed by atoms with van der Waals surface area (Å²) in [7, 11) is 5.95. The molecule has 1 aliphatic heterocycles. The highest BCUT2D eigenvalue weighted by Gasteiger charge is 2.19. The minimum absolute atomic E-state index is 0.777. The summed E-state index contributed by atoms with van der Waals surface area (Å²) in [5.74, 6) is 2.81. The van der Waals surface area contributed by atoms with Crippen LogP contribution in [0.1, 0.15) is 17.8 Å². The Balaban J connectivity index is 1.37. The van der Waals surface area contributed by atoms with Crippen LogP contribution in [0.3, 0.4) is 0 Å². The third kappa shape index (κ3) is 6.41. The number of nitrogens with zero attached hydrogens (tertiary/aromatic N) is 5. The maximum atomic E-state index is 5.52. The zero-order valence-electron chi connectivity index (χ0n) is 20.1. The van der Waals surface area contributed by atoms with E-state index >= 15 is 0 Å². The van der Waals surface area contributed by atoms with Crippen LogP contribution in [0.5, 0.6) is 5.75 Å². The van der Waals surface area contributed by atoms with Gasteiger partial charge in [-0.3, -0.25) is 9.80 Å². The number of para-hydroxylation sites is 2. The summed E-state index contributed by atoms with van der Waals surface area (Å²) in [6, 6.07) is 16.6. The van der Waals surface area contributed by atoms with Gasteiger partial charge in [0.1, 0.15) is 17.4 Å². The van der Waals surface area contributed by atoms with E-state index in [1.54, 1.807) is 7.11 Å². The molecule has 1 N–H and O–H groups in total. The predicted octanol–water partition coefficient (Wildman–Crippen LogP) is 3.32. The Labute approximate surface area is 197 Å². The fourth-order valence-electron chi connectivity index (χ4n) is 4.31. The molecule has 7 nitrogen and oxygen atoms in total. The van der Waals surface area contributed by atoms with Crippen molar-refractivity contribution in [1.29, 1.82) is 0 Å². The van der Waals surface area contributed by atoms with Gasteiger partial charge >= 0.3 is 0 Å². The van der Waals surface area contributed by atoms with Crippen molar-refractivity contribution in [3.05, 3.63) is 59.9 Å². The second-order valence-electron chi connectivity index (χ2n) is 8.95. The van der Waals surface area contributed by atoms with Gasteiger partial charge in [-0.15, -0.1) is 0 Å². The Morgan fingerprint density at radius 2 is 1.61 bits per heavy atom. The topological polar surface area (TPSA) is 56.8 Å². The lowest BCUT2D eigenvalue weighted by Crippen LogP contribution is -2.45. The molecule has 0 amide bonds. The quantitative estimate of drug-likeness (QED) is 0.478. The van der Waals surface area contributed by atoms with Crippen molar-refractivity contribution < 1.29 is 4.74 Å². The molecule has 7 heteroatoms. The molecule has 0 radical (unpaired) electrons. The molecular weight excluding hydrogens is 412 g/mol. The highest BCUT2D eigenvalue weighted by molar-refractivity contribution is 5.88. The van der Waals surface area contributed by atoms with Gasteiger partial charge in [-0.25, -0.2) is 9.97 Å². The van der Waals surface area contributed by atoms with Gasteiger partial charge in [-0.05, 0) is 45.3 Å². The molecule has 4 rings (SSSR count). The van der Waals surface area contributed by atoms with Crippen molar-refractivity contribution in [2.75, 3.05) is 65.8 Å². The lowest BCUT2D eigenvalue weighted by atomic mass is 10.1. The van der Waals surface area contributed by atoms with Gasteiger partial charge in [0.25, 0.3) is 0 Å². The van der Waals surface area contributed by atoms with E-state index in [4.69, 9.17) is 14.7 Å². The average molecular weight is 449 g/mol. The van der Waals surface area contributed by atoms with Gasteiger partial charge in [0.05, 0.1) is 19.2 Å². The van der Waals surface area contributed by atoms with Crippen LogP contribution < -0.4 is 10.1 Å². The maximum Gasteiger partial charge on any atom is 0.145 e. The summed E-state index contributed by atoms with van der Waals surface area (Å²) < 4.78 is 5.52. The molecule has 0 unspecified atom stereocenters. The van der Waals surface area contributed by atoms with Crippen LogP contribution in [0, 0.1) is 0 Å². The molecule has 1 saturated heterocycles. The van der Waals surface area contributed by atoms with Crippen molar-refractivity contribution >= 4 is 16.7 Å². The number of rotatable bonds is 10. The fourth-order valence-corrected chi connectivity index (χ4v) is 4.31. The van der Waals surface area contributed by atoms with Gasteiger partial charge in [0.2, 0.25) is 0 Å². The van der Waals surface area contributed by atoms with Crippen LogP contribution in [-0.2, 0) is 13.1 Å². The number of benzene rings is 2.